The molecule has 2 nitrogen and oxygen atoms in total. The lowest BCUT2D eigenvalue weighted by molar-refractivity contribution is 0.0538. The van der Waals surface area contributed by atoms with E-state index in [9.17, 15) is 4.79 Å². The molecule has 0 saturated heterocycles. The average Bonchev–Trinajstić information content (AvgIpc) is 2.97. The number of benzene rings is 1. The van der Waals surface area contributed by atoms with Gasteiger partial charge in [0.05, 0.1) is 21.9 Å². The van der Waals surface area contributed by atoms with Crippen LogP contribution in [0.5, 0.6) is 0 Å². The van der Waals surface area contributed by atoms with Crippen LogP contribution in [0.2, 0.25) is 4.34 Å². The summed E-state index contributed by atoms with van der Waals surface area (Å²) in [5.74, 6) is 0.0913. The third kappa shape index (κ3) is 2.21. The Balaban J connectivity index is 1.77. The zero-order valence-corrected chi connectivity index (χ0v) is 11.1. The minimum absolute atomic E-state index is 0.0913. The van der Waals surface area contributed by atoms with Crippen molar-refractivity contribution in [3.05, 3.63) is 56.7 Å². The molecule has 0 aliphatic carbocycles. The highest BCUT2D eigenvalue weighted by molar-refractivity contribution is 7.18. The quantitative estimate of drug-likeness (QED) is 0.785. The van der Waals surface area contributed by atoms with Crippen molar-refractivity contribution in [3.63, 3.8) is 0 Å². The molecule has 1 aliphatic rings. The van der Waals surface area contributed by atoms with Gasteiger partial charge in [-0.05, 0) is 23.3 Å². The highest BCUT2D eigenvalue weighted by Crippen LogP contribution is 2.34. The molecule has 0 fully saturated rings. The molecular weight excluding hydrogens is 268 g/mol. The summed E-state index contributed by atoms with van der Waals surface area (Å²) >= 11 is 7.16. The van der Waals surface area contributed by atoms with Crippen LogP contribution in [0.15, 0.2) is 36.4 Å². The van der Waals surface area contributed by atoms with Crippen molar-refractivity contribution < 1.29 is 9.53 Å². The number of fused-ring (bicyclic) bond motifs is 1. The number of thiophene rings is 1. The number of ketones is 1. The van der Waals surface area contributed by atoms with Crippen molar-refractivity contribution in [3.8, 4) is 0 Å². The molecule has 0 spiro atoms. The Morgan fingerprint density at radius 1 is 1.33 bits per heavy atom. The first kappa shape index (κ1) is 11.9. The molecule has 0 N–H and O–H groups in total. The minimum Gasteiger partial charge on any atom is -0.368 e. The number of halogens is 1. The van der Waals surface area contributed by atoms with Gasteiger partial charge in [0.1, 0.15) is 0 Å². The predicted molar refractivity (Wildman–Crippen MR) is 72.2 cm³/mol. The first-order valence-corrected chi connectivity index (χ1v) is 6.91. The molecule has 18 heavy (non-hydrogen) atoms. The summed E-state index contributed by atoms with van der Waals surface area (Å²) in [6.45, 7) is 0.597. The van der Waals surface area contributed by atoms with Crippen LogP contribution in [0.4, 0.5) is 0 Å². The molecule has 0 radical (unpaired) electrons. The van der Waals surface area contributed by atoms with Crippen molar-refractivity contribution in [2.45, 2.75) is 19.1 Å². The van der Waals surface area contributed by atoms with E-state index in [2.05, 4.69) is 0 Å². The highest BCUT2D eigenvalue weighted by atomic mass is 35.5. The van der Waals surface area contributed by atoms with Gasteiger partial charge in [-0.15, -0.1) is 11.3 Å². The third-order valence-corrected chi connectivity index (χ3v) is 4.33. The van der Waals surface area contributed by atoms with Gasteiger partial charge >= 0.3 is 0 Å². The van der Waals surface area contributed by atoms with E-state index in [-0.39, 0.29) is 11.9 Å². The lowest BCUT2D eigenvalue weighted by Gasteiger charge is -2.09. The van der Waals surface area contributed by atoms with Crippen LogP contribution >= 0.6 is 22.9 Å². The second kappa shape index (κ2) is 4.84. The van der Waals surface area contributed by atoms with E-state index >= 15 is 0 Å². The van der Waals surface area contributed by atoms with E-state index in [0.29, 0.717) is 22.2 Å². The lowest BCUT2D eigenvalue weighted by atomic mass is 10.0. The highest BCUT2D eigenvalue weighted by Gasteiger charge is 2.25. The number of rotatable bonds is 3. The van der Waals surface area contributed by atoms with Crippen LogP contribution in [0.1, 0.15) is 33.3 Å². The fourth-order valence-corrected chi connectivity index (χ4v) is 3.15. The van der Waals surface area contributed by atoms with Gasteiger partial charge in [-0.25, -0.2) is 0 Å². The van der Waals surface area contributed by atoms with Crippen LogP contribution in [0.25, 0.3) is 0 Å². The number of Topliss-reactive ketones (excluding diaryl/α,β-unsaturated/α-hetero) is 1. The molecule has 2 aromatic rings. The normalized spacial score (nSPS) is 17.7. The third-order valence-electron chi connectivity index (χ3n) is 3.06. The number of hydrogen-bond acceptors (Lipinski definition) is 3. The molecule has 4 heteroatoms. The molecule has 0 unspecified atom stereocenters. The minimum atomic E-state index is -0.116. The second-order valence-corrected chi connectivity index (χ2v) is 5.94. The van der Waals surface area contributed by atoms with Gasteiger partial charge in [-0.2, -0.15) is 0 Å². The molecule has 1 atom stereocenters. The number of ether oxygens (including phenoxy) is 1. The van der Waals surface area contributed by atoms with Crippen LogP contribution in [0, 0.1) is 0 Å². The number of carbonyl (C=O) groups is 1. The number of hydrogen-bond donors (Lipinski definition) is 0. The standard InChI is InChI=1S/C14H11ClO2S/c15-14-6-5-13(18-14)11(16)7-12-10-4-2-1-3-9(10)8-17-12/h1-6,12H,7-8H2/t12-/m1/s1. The average molecular weight is 279 g/mol. The van der Waals surface area contributed by atoms with Gasteiger partial charge in [0.2, 0.25) is 0 Å². The molecule has 3 rings (SSSR count). The Labute approximate surface area is 114 Å². The van der Waals surface area contributed by atoms with Gasteiger partial charge < -0.3 is 4.74 Å². The van der Waals surface area contributed by atoms with E-state index in [0.717, 1.165) is 5.56 Å². The Bertz CT molecular complexity index is 591. The van der Waals surface area contributed by atoms with Crippen LogP contribution in [-0.2, 0) is 11.3 Å². The topological polar surface area (TPSA) is 26.3 Å². The SMILES string of the molecule is O=C(C[C@H]1OCc2ccccc21)c1ccc(Cl)s1. The van der Waals surface area contributed by atoms with Crippen molar-refractivity contribution >= 4 is 28.7 Å². The van der Waals surface area contributed by atoms with Crippen molar-refractivity contribution in [2.75, 3.05) is 0 Å². The molecular formula is C14H11ClO2S. The molecule has 0 saturated carbocycles. The molecule has 1 aromatic carbocycles. The molecule has 2 heterocycles. The van der Waals surface area contributed by atoms with Crippen LogP contribution < -0.4 is 0 Å². The Hall–Kier alpha value is -1.16. The van der Waals surface area contributed by atoms with Crippen molar-refractivity contribution in [1.82, 2.24) is 0 Å². The molecule has 1 aliphatic heterocycles. The Kier molecular flexibility index (Phi) is 3.20. The van der Waals surface area contributed by atoms with Gasteiger partial charge in [0.25, 0.3) is 0 Å². The van der Waals surface area contributed by atoms with Gasteiger partial charge in [0.15, 0.2) is 5.78 Å². The van der Waals surface area contributed by atoms with Crippen LogP contribution in [-0.4, -0.2) is 5.78 Å². The van der Waals surface area contributed by atoms with E-state index in [4.69, 9.17) is 16.3 Å². The summed E-state index contributed by atoms with van der Waals surface area (Å²) in [7, 11) is 0. The maximum atomic E-state index is 12.1. The van der Waals surface area contributed by atoms with Crippen molar-refractivity contribution in [2.24, 2.45) is 0 Å². The van der Waals surface area contributed by atoms with Gasteiger partial charge in [-0.3, -0.25) is 4.79 Å². The van der Waals surface area contributed by atoms with E-state index in [1.165, 1.54) is 16.9 Å². The molecule has 1 aromatic heterocycles. The fraction of sp³-hybridized carbons (Fsp3) is 0.214. The summed E-state index contributed by atoms with van der Waals surface area (Å²) in [5.41, 5.74) is 2.31. The largest absolute Gasteiger partial charge is 0.368 e. The predicted octanol–water partition coefficient (Wildman–Crippen LogP) is 4.25. The molecule has 0 bridgehead atoms. The first-order chi connectivity index (χ1) is 8.74. The lowest BCUT2D eigenvalue weighted by Crippen LogP contribution is -2.05. The summed E-state index contributed by atoms with van der Waals surface area (Å²) in [6.07, 6.45) is 0.267. The maximum Gasteiger partial charge on any atom is 0.175 e. The van der Waals surface area contributed by atoms with Crippen molar-refractivity contribution in [1.29, 1.82) is 0 Å². The van der Waals surface area contributed by atoms with Gasteiger partial charge in [-0.1, -0.05) is 35.9 Å². The van der Waals surface area contributed by atoms with E-state index in [1.54, 1.807) is 12.1 Å². The Morgan fingerprint density at radius 2 is 2.17 bits per heavy atom. The van der Waals surface area contributed by atoms with E-state index < -0.39 is 0 Å². The number of carbonyl (C=O) groups excluding carboxylic acids is 1. The Morgan fingerprint density at radius 3 is 2.94 bits per heavy atom. The zero-order valence-electron chi connectivity index (χ0n) is 9.56. The second-order valence-electron chi connectivity index (χ2n) is 4.23. The summed E-state index contributed by atoms with van der Waals surface area (Å²) in [4.78, 5) is 12.8. The van der Waals surface area contributed by atoms with Crippen LogP contribution in [0.3, 0.4) is 0 Å². The van der Waals surface area contributed by atoms with E-state index in [1.807, 2.05) is 24.3 Å². The summed E-state index contributed by atoms with van der Waals surface area (Å²) < 4.78 is 6.32. The zero-order chi connectivity index (χ0) is 12.5. The maximum absolute atomic E-state index is 12.1. The fourth-order valence-electron chi connectivity index (χ4n) is 2.16. The first-order valence-electron chi connectivity index (χ1n) is 5.72. The molecule has 0 amide bonds. The monoisotopic (exact) mass is 278 g/mol. The molecule has 92 valence electrons. The summed E-state index contributed by atoms with van der Waals surface area (Å²) in [5, 5.41) is 0. The van der Waals surface area contributed by atoms with Gasteiger partial charge in [0, 0.05) is 6.42 Å². The summed E-state index contributed by atoms with van der Waals surface area (Å²) in [6, 6.07) is 11.6. The smallest absolute Gasteiger partial charge is 0.175 e.